The van der Waals surface area contributed by atoms with Crippen molar-refractivity contribution in [1.29, 1.82) is 0 Å². The molecule has 0 amide bonds. The van der Waals surface area contributed by atoms with Gasteiger partial charge >= 0.3 is 0 Å². The number of aromatic nitrogens is 1. The Kier molecular flexibility index (Phi) is 6.25. The van der Waals surface area contributed by atoms with E-state index in [1.54, 1.807) is 0 Å². The fourth-order valence-electron chi connectivity index (χ4n) is 3.01. The zero-order valence-corrected chi connectivity index (χ0v) is 15.8. The van der Waals surface area contributed by atoms with E-state index in [9.17, 15) is 0 Å². The third-order valence-electron chi connectivity index (χ3n) is 4.13. The summed E-state index contributed by atoms with van der Waals surface area (Å²) in [4.78, 5) is 4.91. The average Bonchev–Trinajstić information content (AvgIpc) is 2.50. The maximum Gasteiger partial charge on any atom is 0.0460 e. The number of pyridine rings is 1. The highest BCUT2D eigenvalue weighted by molar-refractivity contribution is 7.97. The third-order valence-corrected chi connectivity index (χ3v) is 4.70. The van der Waals surface area contributed by atoms with Crippen LogP contribution in [-0.4, -0.2) is 11.2 Å². The average molecular weight is 329 g/mol. The van der Waals surface area contributed by atoms with Gasteiger partial charge in [-0.05, 0) is 54.7 Å². The topological polar surface area (TPSA) is 38.9 Å². The molecule has 0 radical (unpaired) electrons. The van der Waals surface area contributed by atoms with Crippen LogP contribution in [0.1, 0.15) is 41.9 Å². The molecule has 0 fully saturated rings. The van der Waals surface area contributed by atoms with Gasteiger partial charge in [-0.15, -0.1) is 0 Å². The first kappa shape index (κ1) is 18.0. The molecule has 0 aliphatic carbocycles. The molecule has 0 aliphatic heterocycles. The summed E-state index contributed by atoms with van der Waals surface area (Å²) in [7, 11) is 0. The lowest BCUT2D eigenvalue weighted by atomic mass is 9.90. The Morgan fingerprint density at radius 1 is 1.09 bits per heavy atom. The largest absolute Gasteiger partial charge is 0.326 e. The molecule has 0 saturated heterocycles. The van der Waals surface area contributed by atoms with Crippen LogP contribution in [-0.2, 0) is 18.7 Å². The van der Waals surface area contributed by atoms with Gasteiger partial charge in [0.25, 0.3) is 0 Å². The Balaban J connectivity index is 2.72. The second-order valence-electron chi connectivity index (χ2n) is 6.58. The molecule has 3 heteroatoms. The van der Waals surface area contributed by atoms with E-state index in [4.69, 9.17) is 10.7 Å². The van der Waals surface area contributed by atoms with Crippen LogP contribution < -0.4 is 5.73 Å². The zero-order chi connectivity index (χ0) is 17.0. The molecule has 1 heterocycles. The highest BCUT2D eigenvalue weighted by Crippen LogP contribution is 2.34. The second kappa shape index (κ2) is 7.98. The molecule has 2 rings (SSSR count). The molecule has 2 nitrogen and oxygen atoms in total. The summed E-state index contributed by atoms with van der Waals surface area (Å²) in [6.07, 6.45) is 3.12. The number of thioether (sulfide) groups is 1. The third kappa shape index (κ3) is 4.15. The summed E-state index contributed by atoms with van der Waals surface area (Å²) in [6.45, 7) is 9.27. The van der Waals surface area contributed by atoms with Crippen molar-refractivity contribution in [2.24, 2.45) is 11.7 Å². The van der Waals surface area contributed by atoms with Crippen molar-refractivity contribution >= 4 is 11.8 Å². The fraction of sp³-hybridized carbons (Fsp3) is 0.450. The van der Waals surface area contributed by atoms with Gasteiger partial charge in [0.2, 0.25) is 0 Å². The first-order chi connectivity index (χ1) is 11.0. The number of nitrogens with two attached hydrogens (primary N) is 1. The van der Waals surface area contributed by atoms with Gasteiger partial charge in [-0.2, -0.15) is 11.8 Å². The molecular weight excluding hydrogens is 300 g/mol. The van der Waals surface area contributed by atoms with Crippen LogP contribution in [0, 0.1) is 19.8 Å². The van der Waals surface area contributed by atoms with Gasteiger partial charge < -0.3 is 5.73 Å². The van der Waals surface area contributed by atoms with Crippen LogP contribution in [0.5, 0.6) is 0 Å². The van der Waals surface area contributed by atoms with Gasteiger partial charge in [-0.1, -0.05) is 43.7 Å². The highest BCUT2D eigenvalue weighted by atomic mass is 32.2. The lowest BCUT2D eigenvalue weighted by molar-refractivity contribution is 0.628. The van der Waals surface area contributed by atoms with Crippen LogP contribution in [0.15, 0.2) is 24.3 Å². The predicted molar refractivity (Wildman–Crippen MR) is 103 cm³/mol. The lowest BCUT2D eigenvalue weighted by Gasteiger charge is -2.20. The van der Waals surface area contributed by atoms with E-state index >= 15 is 0 Å². The smallest absolute Gasteiger partial charge is 0.0460 e. The minimum absolute atomic E-state index is 0.542. The van der Waals surface area contributed by atoms with Gasteiger partial charge in [-0.25, -0.2) is 0 Å². The van der Waals surface area contributed by atoms with E-state index in [-0.39, 0.29) is 0 Å². The van der Waals surface area contributed by atoms with Crippen molar-refractivity contribution in [2.45, 2.75) is 46.4 Å². The van der Waals surface area contributed by atoms with Crippen LogP contribution in [0.2, 0.25) is 0 Å². The van der Waals surface area contributed by atoms with E-state index in [2.05, 4.69) is 58.2 Å². The van der Waals surface area contributed by atoms with Gasteiger partial charge in [-0.3, -0.25) is 4.98 Å². The van der Waals surface area contributed by atoms with Crippen molar-refractivity contribution in [3.8, 4) is 11.1 Å². The van der Waals surface area contributed by atoms with Crippen LogP contribution in [0.3, 0.4) is 0 Å². The van der Waals surface area contributed by atoms with E-state index in [1.165, 1.54) is 33.5 Å². The number of benzene rings is 1. The van der Waals surface area contributed by atoms with Gasteiger partial charge in [0, 0.05) is 23.7 Å². The summed E-state index contributed by atoms with van der Waals surface area (Å²) < 4.78 is 0. The summed E-state index contributed by atoms with van der Waals surface area (Å²) in [5, 5.41) is 0. The molecule has 0 unspecified atom stereocenters. The summed E-state index contributed by atoms with van der Waals surface area (Å²) >= 11 is 1.84. The highest BCUT2D eigenvalue weighted by Gasteiger charge is 2.18. The summed E-state index contributed by atoms with van der Waals surface area (Å²) in [5.41, 5.74) is 14.9. The van der Waals surface area contributed by atoms with E-state index in [0.717, 1.165) is 17.9 Å². The van der Waals surface area contributed by atoms with Crippen LogP contribution in [0.4, 0.5) is 0 Å². The fourth-order valence-corrected chi connectivity index (χ4v) is 3.65. The second-order valence-corrected chi connectivity index (χ2v) is 7.44. The zero-order valence-electron chi connectivity index (χ0n) is 14.9. The minimum Gasteiger partial charge on any atom is -0.326 e. The molecule has 0 saturated carbocycles. The monoisotopic (exact) mass is 328 g/mol. The van der Waals surface area contributed by atoms with E-state index in [0.29, 0.717) is 12.5 Å². The quantitative estimate of drug-likeness (QED) is 0.821. The Hall–Kier alpha value is -1.32. The van der Waals surface area contributed by atoms with Crippen molar-refractivity contribution < 1.29 is 0 Å². The molecule has 23 heavy (non-hydrogen) atoms. The number of hydrogen-bond donors (Lipinski definition) is 1. The Labute approximate surface area is 144 Å². The maximum atomic E-state index is 6.16. The van der Waals surface area contributed by atoms with Gasteiger partial charge in [0.1, 0.15) is 0 Å². The first-order valence-electron chi connectivity index (χ1n) is 8.25. The molecule has 0 spiro atoms. The predicted octanol–water partition coefficient (Wildman–Crippen LogP) is 4.89. The van der Waals surface area contributed by atoms with E-state index < -0.39 is 0 Å². The Bertz CT molecular complexity index is 660. The Morgan fingerprint density at radius 3 is 2.26 bits per heavy atom. The number of nitrogens with zero attached hydrogens (tertiary/aromatic N) is 1. The molecular formula is C20H28N2S. The van der Waals surface area contributed by atoms with Crippen molar-refractivity contribution in [3.63, 3.8) is 0 Å². The molecule has 124 valence electrons. The van der Waals surface area contributed by atoms with Crippen molar-refractivity contribution in [3.05, 3.63) is 52.3 Å². The Morgan fingerprint density at radius 2 is 1.74 bits per heavy atom. The molecule has 1 aromatic heterocycles. The van der Waals surface area contributed by atoms with Crippen LogP contribution >= 0.6 is 11.8 Å². The minimum atomic E-state index is 0.542. The normalized spacial score (nSPS) is 11.3. The standard InChI is InChI=1S/C20H28N2S/c1-13(2)10-19-17(11-21)20(16-8-6-14(3)7-9-16)18(12-23-5)15(4)22-19/h6-9,13H,10-12,21H2,1-5H3. The molecule has 0 aliphatic rings. The number of hydrogen-bond acceptors (Lipinski definition) is 3. The molecule has 2 N–H and O–H groups in total. The molecule has 2 aromatic rings. The first-order valence-corrected chi connectivity index (χ1v) is 9.64. The SMILES string of the molecule is CSCc1c(C)nc(CC(C)C)c(CN)c1-c1ccc(C)cc1. The maximum absolute atomic E-state index is 6.16. The molecule has 0 bridgehead atoms. The molecule has 1 aromatic carbocycles. The number of aryl methyl sites for hydroxylation is 2. The summed E-state index contributed by atoms with van der Waals surface area (Å²) in [6, 6.07) is 8.78. The van der Waals surface area contributed by atoms with Crippen molar-refractivity contribution in [2.75, 3.05) is 6.26 Å². The van der Waals surface area contributed by atoms with Crippen molar-refractivity contribution in [1.82, 2.24) is 4.98 Å². The van der Waals surface area contributed by atoms with Gasteiger partial charge in [0.15, 0.2) is 0 Å². The molecule has 0 atom stereocenters. The number of rotatable bonds is 6. The summed E-state index contributed by atoms with van der Waals surface area (Å²) in [5.74, 6) is 1.54. The van der Waals surface area contributed by atoms with Gasteiger partial charge in [0.05, 0.1) is 0 Å². The van der Waals surface area contributed by atoms with E-state index in [1.807, 2.05) is 11.8 Å². The lowest BCUT2D eigenvalue weighted by Crippen LogP contribution is -2.12. The van der Waals surface area contributed by atoms with Crippen LogP contribution in [0.25, 0.3) is 11.1 Å².